The lowest BCUT2D eigenvalue weighted by Gasteiger charge is -2.12. The second kappa shape index (κ2) is 6.10. The Balaban J connectivity index is 2.74. The number of aromatic hydroxyl groups is 1. The molecule has 1 unspecified atom stereocenters. The van der Waals surface area contributed by atoms with Crippen LogP contribution in [-0.4, -0.2) is 37.8 Å². The van der Waals surface area contributed by atoms with Crippen molar-refractivity contribution in [1.82, 2.24) is 10.6 Å². The molecule has 0 heterocycles. The maximum atomic E-state index is 11.8. The standard InChI is InChI=1S/C12H18N2O3/c1-8(13-2)7-14-12(16)10-6-9(17-3)4-5-11(10)15/h4-6,8,13,15H,7H2,1-3H3,(H,14,16). The minimum absolute atomic E-state index is 0.0552. The zero-order valence-corrected chi connectivity index (χ0v) is 10.3. The summed E-state index contributed by atoms with van der Waals surface area (Å²) >= 11 is 0. The van der Waals surface area contributed by atoms with Crippen LogP contribution >= 0.6 is 0 Å². The molecule has 0 aliphatic heterocycles. The van der Waals surface area contributed by atoms with Crippen LogP contribution in [0.5, 0.6) is 11.5 Å². The minimum atomic E-state index is -0.316. The molecule has 17 heavy (non-hydrogen) atoms. The van der Waals surface area contributed by atoms with Crippen LogP contribution in [0, 0.1) is 0 Å². The molecular weight excluding hydrogens is 220 g/mol. The van der Waals surface area contributed by atoms with Crippen LogP contribution in [0.1, 0.15) is 17.3 Å². The Bertz CT molecular complexity index is 393. The largest absolute Gasteiger partial charge is 0.507 e. The highest BCUT2D eigenvalue weighted by Gasteiger charge is 2.12. The highest BCUT2D eigenvalue weighted by molar-refractivity contribution is 5.97. The highest BCUT2D eigenvalue weighted by Crippen LogP contribution is 2.22. The summed E-state index contributed by atoms with van der Waals surface area (Å²) in [6, 6.07) is 4.72. The van der Waals surface area contributed by atoms with Crippen LogP contribution in [0.2, 0.25) is 0 Å². The summed E-state index contributed by atoms with van der Waals surface area (Å²) in [5.74, 6) is 0.165. The average molecular weight is 238 g/mol. The number of benzene rings is 1. The van der Waals surface area contributed by atoms with Crippen molar-refractivity contribution >= 4 is 5.91 Å². The van der Waals surface area contributed by atoms with Gasteiger partial charge < -0.3 is 20.5 Å². The smallest absolute Gasteiger partial charge is 0.255 e. The molecule has 0 bridgehead atoms. The van der Waals surface area contributed by atoms with Gasteiger partial charge in [0, 0.05) is 12.6 Å². The molecule has 0 saturated heterocycles. The van der Waals surface area contributed by atoms with Gasteiger partial charge in [-0.2, -0.15) is 0 Å². The van der Waals surface area contributed by atoms with Crippen molar-refractivity contribution in [2.75, 3.05) is 20.7 Å². The van der Waals surface area contributed by atoms with Crippen LogP contribution in [0.3, 0.4) is 0 Å². The lowest BCUT2D eigenvalue weighted by atomic mass is 10.1. The molecule has 0 aliphatic rings. The van der Waals surface area contributed by atoms with Gasteiger partial charge >= 0.3 is 0 Å². The number of nitrogens with one attached hydrogen (secondary N) is 2. The molecule has 5 nitrogen and oxygen atoms in total. The molecule has 1 amide bonds. The monoisotopic (exact) mass is 238 g/mol. The number of likely N-dealkylation sites (N-methyl/N-ethyl adjacent to an activating group) is 1. The fourth-order valence-corrected chi connectivity index (χ4v) is 1.27. The van der Waals surface area contributed by atoms with Gasteiger partial charge in [0.05, 0.1) is 12.7 Å². The number of phenolic OH excluding ortho intramolecular Hbond substituents is 1. The molecule has 0 saturated carbocycles. The molecule has 5 heteroatoms. The quantitative estimate of drug-likeness (QED) is 0.707. The summed E-state index contributed by atoms with van der Waals surface area (Å²) in [5, 5.41) is 15.3. The molecule has 1 atom stereocenters. The molecule has 1 rings (SSSR count). The fraction of sp³-hybridized carbons (Fsp3) is 0.417. The maximum Gasteiger partial charge on any atom is 0.255 e. The molecule has 1 aromatic carbocycles. The highest BCUT2D eigenvalue weighted by atomic mass is 16.5. The maximum absolute atomic E-state index is 11.8. The van der Waals surface area contributed by atoms with Crippen molar-refractivity contribution < 1.29 is 14.6 Å². The molecule has 0 aliphatic carbocycles. The second-order valence-electron chi connectivity index (χ2n) is 3.78. The molecule has 0 spiro atoms. The van der Waals surface area contributed by atoms with Crippen molar-refractivity contribution in [3.8, 4) is 11.5 Å². The Kier molecular flexibility index (Phi) is 4.78. The first-order valence-corrected chi connectivity index (χ1v) is 5.41. The van der Waals surface area contributed by atoms with Gasteiger partial charge in [0.2, 0.25) is 0 Å². The lowest BCUT2D eigenvalue weighted by molar-refractivity contribution is 0.0947. The summed E-state index contributed by atoms with van der Waals surface area (Å²) in [6.07, 6.45) is 0. The van der Waals surface area contributed by atoms with Gasteiger partial charge in [0.25, 0.3) is 5.91 Å². The van der Waals surface area contributed by atoms with Crippen molar-refractivity contribution in [3.05, 3.63) is 23.8 Å². The van der Waals surface area contributed by atoms with E-state index in [-0.39, 0.29) is 23.3 Å². The van der Waals surface area contributed by atoms with Gasteiger partial charge in [-0.05, 0) is 32.2 Å². The second-order valence-corrected chi connectivity index (χ2v) is 3.78. The summed E-state index contributed by atoms with van der Waals surface area (Å²) in [7, 11) is 3.33. The van der Waals surface area contributed by atoms with E-state index >= 15 is 0 Å². The van der Waals surface area contributed by atoms with E-state index in [2.05, 4.69) is 10.6 Å². The third kappa shape index (κ3) is 3.64. The number of ether oxygens (including phenoxy) is 1. The number of phenols is 1. The van der Waals surface area contributed by atoms with E-state index < -0.39 is 0 Å². The fourth-order valence-electron chi connectivity index (χ4n) is 1.27. The van der Waals surface area contributed by atoms with Crippen LogP contribution in [0.25, 0.3) is 0 Å². The Labute approximate surface area is 101 Å². The number of rotatable bonds is 5. The molecule has 0 aromatic heterocycles. The summed E-state index contributed by atoms with van der Waals surface area (Å²) in [4.78, 5) is 11.8. The van der Waals surface area contributed by atoms with E-state index in [0.29, 0.717) is 12.3 Å². The average Bonchev–Trinajstić information content (AvgIpc) is 2.36. The predicted octanol–water partition coefficient (Wildman–Crippen LogP) is 0.738. The van der Waals surface area contributed by atoms with Gasteiger partial charge in [0.1, 0.15) is 11.5 Å². The number of amides is 1. The summed E-state index contributed by atoms with van der Waals surface area (Å²) < 4.78 is 5.00. The van der Waals surface area contributed by atoms with Gasteiger partial charge in [-0.1, -0.05) is 0 Å². The number of carbonyl (C=O) groups is 1. The SMILES string of the molecule is CNC(C)CNC(=O)c1cc(OC)ccc1O. The molecule has 3 N–H and O–H groups in total. The van der Waals surface area contributed by atoms with Crippen molar-refractivity contribution in [2.24, 2.45) is 0 Å². The predicted molar refractivity (Wildman–Crippen MR) is 65.5 cm³/mol. The zero-order valence-electron chi connectivity index (χ0n) is 10.3. The van der Waals surface area contributed by atoms with Crippen molar-refractivity contribution in [1.29, 1.82) is 0 Å². The Morgan fingerprint density at radius 1 is 1.53 bits per heavy atom. The third-order valence-corrected chi connectivity index (χ3v) is 2.51. The van der Waals surface area contributed by atoms with Crippen molar-refractivity contribution in [2.45, 2.75) is 13.0 Å². The van der Waals surface area contributed by atoms with Crippen LogP contribution in [-0.2, 0) is 0 Å². The van der Waals surface area contributed by atoms with E-state index in [1.54, 1.807) is 6.07 Å². The van der Waals surface area contributed by atoms with E-state index in [0.717, 1.165) is 0 Å². The molecular formula is C12H18N2O3. The Hall–Kier alpha value is -1.75. The van der Waals surface area contributed by atoms with Crippen LogP contribution < -0.4 is 15.4 Å². The first kappa shape index (κ1) is 13.3. The van der Waals surface area contributed by atoms with Gasteiger partial charge in [0.15, 0.2) is 0 Å². The van der Waals surface area contributed by atoms with E-state index in [4.69, 9.17) is 4.74 Å². The van der Waals surface area contributed by atoms with Gasteiger partial charge in [-0.15, -0.1) is 0 Å². The number of methoxy groups -OCH3 is 1. The third-order valence-electron chi connectivity index (χ3n) is 2.51. The Morgan fingerprint density at radius 3 is 2.82 bits per heavy atom. The van der Waals surface area contributed by atoms with Crippen molar-refractivity contribution in [3.63, 3.8) is 0 Å². The van der Waals surface area contributed by atoms with E-state index in [1.165, 1.54) is 19.2 Å². The minimum Gasteiger partial charge on any atom is -0.507 e. The molecule has 1 aromatic rings. The first-order chi connectivity index (χ1) is 8.08. The zero-order chi connectivity index (χ0) is 12.8. The normalized spacial score (nSPS) is 11.9. The van der Waals surface area contributed by atoms with Crippen LogP contribution in [0.15, 0.2) is 18.2 Å². The molecule has 94 valence electrons. The number of hydrogen-bond donors (Lipinski definition) is 3. The van der Waals surface area contributed by atoms with Gasteiger partial charge in [-0.25, -0.2) is 0 Å². The topological polar surface area (TPSA) is 70.6 Å². The molecule has 0 fully saturated rings. The Morgan fingerprint density at radius 2 is 2.24 bits per heavy atom. The summed E-state index contributed by atoms with van der Waals surface area (Å²) in [6.45, 7) is 2.44. The first-order valence-electron chi connectivity index (χ1n) is 5.41. The number of carbonyl (C=O) groups excluding carboxylic acids is 1. The molecule has 0 radical (unpaired) electrons. The lowest BCUT2D eigenvalue weighted by Crippen LogP contribution is -2.37. The number of hydrogen-bond acceptors (Lipinski definition) is 4. The van der Waals surface area contributed by atoms with Crippen LogP contribution in [0.4, 0.5) is 0 Å². The van der Waals surface area contributed by atoms with Gasteiger partial charge in [-0.3, -0.25) is 4.79 Å². The van der Waals surface area contributed by atoms with E-state index in [1.807, 2.05) is 14.0 Å². The van der Waals surface area contributed by atoms with E-state index in [9.17, 15) is 9.90 Å². The summed E-state index contributed by atoms with van der Waals surface area (Å²) in [5.41, 5.74) is 0.215.